The van der Waals surface area contributed by atoms with Gasteiger partial charge in [-0.1, -0.05) is 18.2 Å². The van der Waals surface area contributed by atoms with Crippen LogP contribution in [-0.4, -0.2) is 61.1 Å². The first kappa shape index (κ1) is 30.9. The molecular weight excluding hydrogens is 666 g/mol. The Kier molecular flexibility index (Phi) is 7.59. The second-order valence-corrected chi connectivity index (χ2v) is 14.8. The lowest BCUT2D eigenvalue weighted by molar-refractivity contribution is 0.0504. The van der Waals surface area contributed by atoms with Gasteiger partial charge in [-0.3, -0.25) is 13.8 Å². The number of ether oxygens (including phenoxy) is 2. The molecule has 0 radical (unpaired) electrons. The van der Waals surface area contributed by atoms with Crippen molar-refractivity contribution in [3.05, 3.63) is 57.7 Å². The second-order valence-electron chi connectivity index (χ2n) is 12.2. The van der Waals surface area contributed by atoms with Crippen molar-refractivity contribution < 1.29 is 22.7 Å². The fraction of sp³-hybridized carbons (Fsp3) is 0.400. The van der Waals surface area contributed by atoms with E-state index in [0.717, 1.165) is 0 Å². The van der Waals surface area contributed by atoms with Gasteiger partial charge in [-0.2, -0.15) is 0 Å². The van der Waals surface area contributed by atoms with E-state index in [0.29, 0.717) is 45.7 Å². The maximum atomic E-state index is 14.4. The number of benzene rings is 1. The first-order chi connectivity index (χ1) is 21.2. The minimum Gasteiger partial charge on any atom is -0.479 e. The van der Waals surface area contributed by atoms with Gasteiger partial charge in [0.05, 0.1) is 50.4 Å². The number of aryl methyl sites for hydroxylation is 2. The molecule has 1 fully saturated rings. The SMILES string of the molecule is COc1nn(C)cc1-c1c(Br)c2c(ncc3c2n([C@@H]2CC[C@@H](NC(=O)OC(C)(C)C)C2)c(=O)n3C)n1S(=O)(=O)c1ccccc1. The summed E-state index contributed by atoms with van der Waals surface area (Å²) in [6.07, 6.45) is 4.44. The maximum Gasteiger partial charge on any atom is 0.407 e. The van der Waals surface area contributed by atoms with Gasteiger partial charge in [0, 0.05) is 32.4 Å². The van der Waals surface area contributed by atoms with Crippen LogP contribution in [0.3, 0.4) is 0 Å². The molecular formula is C30H34BrN7O6S. The van der Waals surface area contributed by atoms with Crippen molar-refractivity contribution in [1.29, 1.82) is 0 Å². The Morgan fingerprint density at radius 2 is 1.84 bits per heavy atom. The molecule has 45 heavy (non-hydrogen) atoms. The number of pyridine rings is 1. The van der Waals surface area contributed by atoms with Crippen molar-refractivity contribution in [1.82, 2.24) is 33.2 Å². The van der Waals surface area contributed by atoms with Gasteiger partial charge in [0.1, 0.15) is 5.60 Å². The third kappa shape index (κ3) is 5.21. The summed E-state index contributed by atoms with van der Waals surface area (Å²) in [5, 5.41) is 7.76. The molecule has 13 nitrogen and oxygen atoms in total. The monoisotopic (exact) mass is 699 g/mol. The molecule has 1 aliphatic carbocycles. The van der Waals surface area contributed by atoms with Crippen LogP contribution in [-0.2, 0) is 28.9 Å². The number of aromatic nitrogens is 6. The van der Waals surface area contributed by atoms with Crippen LogP contribution in [0.25, 0.3) is 33.3 Å². The first-order valence-electron chi connectivity index (χ1n) is 14.4. The molecule has 4 heterocycles. The highest BCUT2D eigenvalue weighted by molar-refractivity contribution is 9.10. The minimum absolute atomic E-state index is 0.0673. The van der Waals surface area contributed by atoms with Gasteiger partial charge in [0.15, 0.2) is 5.65 Å². The number of amides is 1. The molecule has 5 aromatic rings. The van der Waals surface area contributed by atoms with E-state index in [1.165, 1.54) is 38.7 Å². The standard InChI is InChI=1S/C30H34BrN7O6S/c1-30(2,3)44-28(39)33-17-12-13-18(14-17)37-25-21(36(5)29(37)40)15-32-26-22(25)23(31)24(20-16-35(4)34-27(20)43-6)38(26)45(41,42)19-10-8-7-9-11-19/h7-11,15-18H,12-14H2,1-6H3,(H,33,39)/t17-,18-/m1/s1. The molecule has 1 amide bonds. The highest BCUT2D eigenvalue weighted by atomic mass is 79.9. The highest BCUT2D eigenvalue weighted by Crippen LogP contribution is 2.45. The molecule has 0 bridgehead atoms. The van der Waals surface area contributed by atoms with Gasteiger partial charge in [-0.25, -0.2) is 27.0 Å². The van der Waals surface area contributed by atoms with Gasteiger partial charge < -0.3 is 14.8 Å². The van der Waals surface area contributed by atoms with Crippen molar-refractivity contribution >= 4 is 54.1 Å². The van der Waals surface area contributed by atoms with Crippen LogP contribution >= 0.6 is 15.9 Å². The van der Waals surface area contributed by atoms with Crippen molar-refractivity contribution in [2.75, 3.05) is 7.11 Å². The van der Waals surface area contributed by atoms with Crippen LogP contribution in [0.2, 0.25) is 0 Å². The minimum atomic E-state index is -4.20. The predicted molar refractivity (Wildman–Crippen MR) is 172 cm³/mol. The Hall–Kier alpha value is -4.11. The van der Waals surface area contributed by atoms with Crippen molar-refractivity contribution in [2.45, 2.75) is 62.6 Å². The number of methoxy groups -OCH3 is 1. The molecule has 6 rings (SSSR count). The lowest BCUT2D eigenvalue weighted by atomic mass is 10.2. The van der Waals surface area contributed by atoms with Gasteiger partial charge in [-0.15, -0.1) is 5.10 Å². The Morgan fingerprint density at radius 3 is 2.51 bits per heavy atom. The van der Waals surface area contributed by atoms with E-state index in [1.54, 1.807) is 63.8 Å². The fourth-order valence-corrected chi connectivity index (χ4v) is 8.46. The summed E-state index contributed by atoms with van der Waals surface area (Å²) in [5.74, 6) is 0.221. The normalized spacial score (nSPS) is 17.3. The molecule has 0 saturated heterocycles. The van der Waals surface area contributed by atoms with E-state index in [4.69, 9.17) is 9.47 Å². The van der Waals surface area contributed by atoms with Crippen LogP contribution in [0.1, 0.15) is 46.1 Å². The lowest BCUT2D eigenvalue weighted by Crippen LogP contribution is -2.38. The van der Waals surface area contributed by atoms with Crippen LogP contribution in [0.4, 0.5) is 4.79 Å². The predicted octanol–water partition coefficient (Wildman–Crippen LogP) is 4.72. The number of hydrogen-bond acceptors (Lipinski definition) is 8. The zero-order valence-corrected chi connectivity index (χ0v) is 28.1. The number of rotatable bonds is 6. The molecule has 238 valence electrons. The summed E-state index contributed by atoms with van der Waals surface area (Å²) in [6, 6.07) is 7.61. The van der Waals surface area contributed by atoms with Crippen LogP contribution in [0, 0.1) is 0 Å². The summed E-state index contributed by atoms with van der Waals surface area (Å²) in [5.41, 5.74) is 0.987. The van der Waals surface area contributed by atoms with Gasteiger partial charge in [0.2, 0.25) is 5.88 Å². The van der Waals surface area contributed by atoms with E-state index in [-0.39, 0.29) is 39.9 Å². The molecule has 0 spiro atoms. The van der Waals surface area contributed by atoms with Crippen molar-refractivity contribution in [3.63, 3.8) is 0 Å². The van der Waals surface area contributed by atoms with Gasteiger partial charge in [0.25, 0.3) is 10.0 Å². The van der Waals surface area contributed by atoms with Crippen LogP contribution in [0.15, 0.2) is 56.9 Å². The van der Waals surface area contributed by atoms with E-state index < -0.39 is 21.7 Å². The van der Waals surface area contributed by atoms with Crippen LogP contribution < -0.4 is 15.7 Å². The zero-order valence-electron chi connectivity index (χ0n) is 25.7. The number of imidazole rings is 1. The molecule has 2 atom stereocenters. The second kappa shape index (κ2) is 11.1. The molecule has 0 unspecified atom stereocenters. The van der Waals surface area contributed by atoms with Crippen molar-refractivity contribution in [2.24, 2.45) is 14.1 Å². The number of fused-ring (bicyclic) bond motifs is 3. The summed E-state index contributed by atoms with van der Waals surface area (Å²) in [6.45, 7) is 5.41. The molecule has 4 aromatic heterocycles. The highest BCUT2D eigenvalue weighted by Gasteiger charge is 2.36. The number of nitrogens with zero attached hydrogens (tertiary/aromatic N) is 6. The van der Waals surface area contributed by atoms with Crippen LogP contribution in [0.5, 0.6) is 5.88 Å². The van der Waals surface area contributed by atoms with E-state index in [9.17, 15) is 18.0 Å². The Labute approximate surface area is 267 Å². The topological polar surface area (TPSA) is 144 Å². The molecule has 15 heteroatoms. The third-order valence-electron chi connectivity index (χ3n) is 7.95. The number of hydrogen-bond donors (Lipinski definition) is 1. The first-order valence-corrected chi connectivity index (χ1v) is 16.6. The summed E-state index contributed by atoms with van der Waals surface area (Å²) in [4.78, 5) is 31.1. The molecule has 1 aromatic carbocycles. The fourth-order valence-electron chi connectivity index (χ4n) is 6.08. The molecule has 1 saturated carbocycles. The Bertz CT molecular complexity index is 2120. The largest absolute Gasteiger partial charge is 0.479 e. The molecule has 1 N–H and O–H groups in total. The number of halogens is 1. The Morgan fingerprint density at radius 1 is 1.13 bits per heavy atom. The average molecular weight is 701 g/mol. The summed E-state index contributed by atoms with van der Waals surface area (Å²) < 4.78 is 46.1. The van der Waals surface area contributed by atoms with E-state index >= 15 is 0 Å². The van der Waals surface area contributed by atoms with E-state index in [2.05, 4.69) is 31.3 Å². The van der Waals surface area contributed by atoms with Crippen molar-refractivity contribution in [3.8, 4) is 17.1 Å². The summed E-state index contributed by atoms with van der Waals surface area (Å²) >= 11 is 3.73. The number of carbonyl (C=O) groups is 1. The lowest BCUT2D eigenvalue weighted by Gasteiger charge is -2.22. The maximum absolute atomic E-state index is 14.4. The molecule has 0 aliphatic heterocycles. The number of nitrogens with one attached hydrogen (secondary N) is 1. The smallest absolute Gasteiger partial charge is 0.407 e. The zero-order chi connectivity index (χ0) is 32.4. The van der Waals surface area contributed by atoms with Gasteiger partial charge >= 0.3 is 11.8 Å². The number of carbonyl (C=O) groups excluding carboxylic acids is 1. The quantitative estimate of drug-likeness (QED) is 0.268. The van der Waals surface area contributed by atoms with E-state index in [1.807, 2.05) is 0 Å². The molecule has 1 aliphatic rings. The Balaban J connectivity index is 1.60. The summed E-state index contributed by atoms with van der Waals surface area (Å²) in [7, 11) is 0.637. The number of alkyl carbamates (subject to hydrolysis) is 1. The average Bonchev–Trinajstić information content (AvgIpc) is 3.72. The third-order valence-corrected chi connectivity index (χ3v) is 10.4. The van der Waals surface area contributed by atoms with Gasteiger partial charge in [-0.05, 0) is 68.1 Å².